The molecule has 0 fully saturated rings. The number of halogens is 1. The Balaban J connectivity index is 2.22. The minimum atomic E-state index is -0.983. The molecule has 1 aromatic carbocycles. The lowest BCUT2D eigenvalue weighted by atomic mass is 10.2. The first-order valence-corrected chi connectivity index (χ1v) is 7.99. The van der Waals surface area contributed by atoms with Crippen LogP contribution < -0.4 is 21.7 Å². The number of H-pyrrole nitrogens is 1. The lowest BCUT2D eigenvalue weighted by Crippen LogP contribution is -2.35. The molecule has 27 heavy (non-hydrogen) atoms. The van der Waals surface area contributed by atoms with Gasteiger partial charge in [-0.15, -0.1) is 0 Å². The first-order valence-electron chi connectivity index (χ1n) is 7.61. The molecule has 0 radical (unpaired) electrons. The molecular weight excluding hydrogens is 382 g/mol. The van der Waals surface area contributed by atoms with Crippen LogP contribution in [0.4, 0.5) is 5.82 Å². The zero-order valence-corrected chi connectivity index (χ0v) is 15.1. The van der Waals surface area contributed by atoms with E-state index in [1.807, 2.05) is 4.98 Å². The number of phenols is 1. The van der Waals surface area contributed by atoms with E-state index in [9.17, 15) is 24.3 Å². The fourth-order valence-electron chi connectivity index (χ4n) is 2.15. The van der Waals surface area contributed by atoms with E-state index in [0.717, 1.165) is 10.6 Å². The van der Waals surface area contributed by atoms with E-state index in [1.165, 1.54) is 13.1 Å². The number of aromatic nitrogens is 2. The first kappa shape index (κ1) is 20.0. The van der Waals surface area contributed by atoms with E-state index in [2.05, 4.69) is 0 Å². The lowest BCUT2D eigenvalue weighted by molar-refractivity contribution is 0.0474. The van der Waals surface area contributed by atoms with Crippen molar-refractivity contribution in [2.45, 2.75) is 6.92 Å². The number of carbonyl (C=O) groups excluding carboxylic acids is 2. The van der Waals surface area contributed by atoms with Gasteiger partial charge in [-0.05, 0) is 19.1 Å². The third kappa shape index (κ3) is 4.11. The summed E-state index contributed by atoms with van der Waals surface area (Å²) in [6.45, 7) is 1.09. The largest absolute Gasteiger partial charge is 0.503 e. The molecule has 11 heteroatoms. The standard InChI is InChI=1S/C16H16ClN3O7/c1-3-26-10-5-7(4-8(17)12(10)22)15(24)27-6-9(21)11-13(18)20(2)16(25)19-14(11)23/h4-5,22H,3,6,18H2,1-2H3,(H,19,23,25). The number of nitrogens with two attached hydrogens (primary N) is 1. The first-order chi connectivity index (χ1) is 12.7. The zero-order valence-electron chi connectivity index (χ0n) is 14.4. The summed E-state index contributed by atoms with van der Waals surface area (Å²) in [6, 6.07) is 2.34. The van der Waals surface area contributed by atoms with Gasteiger partial charge in [0.2, 0.25) is 5.78 Å². The summed E-state index contributed by atoms with van der Waals surface area (Å²) < 4.78 is 10.9. The third-order valence-corrected chi connectivity index (χ3v) is 3.83. The van der Waals surface area contributed by atoms with Gasteiger partial charge in [0, 0.05) is 7.05 Å². The molecular formula is C16H16ClN3O7. The highest BCUT2D eigenvalue weighted by Crippen LogP contribution is 2.35. The average Bonchev–Trinajstić information content (AvgIpc) is 2.61. The molecule has 4 N–H and O–H groups in total. The maximum atomic E-state index is 12.2. The fraction of sp³-hybridized carbons (Fsp3) is 0.250. The smallest absolute Gasteiger partial charge is 0.338 e. The number of benzene rings is 1. The Bertz CT molecular complexity index is 1030. The van der Waals surface area contributed by atoms with Crippen LogP contribution in [-0.4, -0.2) is 39.6 Å². The van der Waals surface area contributed by atoms with E-state index >= 15 is 0 Å². The highest BCUT2D eigenvalue weighted by atomic mass is 35.5. The van der Waals surface area contributed by atoms with Crippen molar-refractivity contribution < 1.29 is 24.2 Å². The number of esters is 1. The number of aromatic amines is 1. The van der Waals surface area contributed by atoms with Gasteiger partial charge in [0.15, 0.2) is 18.1 Å². The molecule has 0 saturated carbocycles. The number of Topliss-reactive ketones (excluding diaryl/α,β-unsaturated/α-hetero) is 1. The van der Waals surface area contributed by atoms with E-state index in [-0.39, 0.29) is 34.5 Å². The summed E-state index contributed by atoms with van der Waals surface area (Å²) in [5.41, 5.74) is 3.28. The molecule has 0 aliphatic rings. The normalized spacial score (nSPS) is 10.5. The summed E-state index contributed by atoms with van der Waals surface area (Å²) in [7, 11) is 1.27. The van der Waals surface area contributed by atoms with Crippen molar-refractivity contribution in [3.63, 3.8) is 0 Å². The van der Waals surface area contributed by atoms with E-state index in [4.69, 9.17) is 26.8 Å². The van der Waals surface area contributed by atoms with Crippen molar-refractivity contribution >= 4 is 29.2 Å². The van der Waals surface area contributed by atoms with Crippen molar-refractivity contribution in [3.05, 3.63) is 49.1 Å². The Kier molecular flexibility index (Phi) is 5.91. The summed E-state index contributed by atoms with van der Waals surface area (Å²) >= 11 is 5.83. The van der Waals surface area contributed by atoms with Crippen LogP contribution in [0.2, 0.25) is 5.02 Å². The number of carbonyl (C=O) groups is 2. The van der Waals surface area contributed by atoms with Crippen LogP contribution in [-0.2, 0) is 11.8 Å². The second-order valence-corrected chi connectivity index (χ2v) is 5.72. The van der Waals surface area contributed by atoms with Crippen molar-refractivity contribution in [1.29, 1.82) is 0 Å². The number of aromatic hydroxyl groups is 1. The lowest BCUT2D eigenvalue weighted by Gasteiger charge is -2.11. The Morgan fingerprint density at radius 1 is 1.33 bits per heavy atom. The predicted octanol–water partition coefficient (Wildman–Crippen LogP) is 0.453. The van der Waals surface area contributed by atoms with Gasteiger partial charge in [-0.2, -0.15) is 0 Å². The predicted molar refractivity (Wildman–Crippen MR) is 95.6 cm³/mol. The second-order valence-electron chi connectivity index (χ2n) is 5.32. The van der Waals surface area contributed by atoms with Crippen LogP contribution in [0.5, 0.6) is 11.5 Å². The van der Waals surface area contributed by atoms with E-state index in [1.54, 1.807) is 6.92 Å². The van der Waals surface area contributed by atoms with Gasteiger partial charge < -0.3 is 20.3 Å². The van der Waals surface area contributed by atoms with Crippen molar-refractivity contribution in [2.75, 3.05) is 18.9 Å². The monoisotopic (exact) mass is 397 g/mol. The number of hydrogen-bond donors (Lipinski definition) is 3. The number of nitrogens with one attached hydrogen (secondary N) is 1. The van der Waals surface area contributed by atoms with Crippen molar-refractivity contribution in [2.24, 2.45) is 7.05 Å². The maximum Gasteiger partial charge on any atom is 0.338 e. The molecule has 10 nitrogen and oxygen atoms in total. The van der Waals surface area contributed by atoms with Gasteiger partial charge >= 0.3 is 11.7 Å². The highest BCUT2D eigenvalue weighted by Gasteiger charge is 2.21. The van der Waals surface area contributed by atoms with Crippen LogP contribution in [0.15, 0.2) is 21.7 Å². The van der Waals surface area contributed by atoms with Gasteiger partial charge in [0.05, 0.1) is 17.2 Å². The van der Waals surface area contributed by atoms with Gasteiger partial charge in [0.1, 0.15) is 11.4 Å². The number of nitrogen functional groups attached to an aromatic ring is 1. The van der Waals surface area contributed by atoms with E-state index < -0.39 is 35.2 Å². The van der Waals surface area contributed by atoms with Crippen LogP contribution in [0, 0.1) is 0 Å². The zero-order chi connectivity index (χ0) is 20.3. The molecule has 1 aromatic heterocycles. The van der Waals surface area contributed by atoms with Crippen LogP contribution in [0.3, 0.4) is 0 Å². The number of rotatable bonds is 6. The number of anilines is 1. The third-order valence-electron chi connectivity index (χ3n) is 3.55. The Hall–Kier alpha value is -3.27. The van der Waals surface area contributed by atoms with Crippen molar-refractivity contribution in [3.8, 4) is 11.5 Å². The van der Waals surface area contributed by atoms with Crippen molar-refractivity contribution in [1.82, 2.24) is 9.55 Å². The molecule has 0 amide bonds. The van der Waals surface area contributed by atoms with Gasteiger partial charge in [-0.3, -0.25) is 19.1 Å². The van der Waals surface area contributed by atoms with Crippen LogP contribution in [0.1, 0.15) is 27.6 Å². The fourth-order valence-corrected chi connectivity index (χ4v) is 2.36. The Labute approximate surface area is 157 Å². The summed E-state index contributed by atoms with van der Waals surface area (Å²) in [5, 5.41) is 9.63. The molecule has 0 bridgehead atoms. The Morgan fingerprint density at radius 2 is 2.00 bits per heavy atom. The second kappa shape index (κ2) is 7.96. The van der Waals surface area contributed by atoms with Crippen LogP contribution in [0.25, 0.3) is 0 Å². The average molecular weight is 398 g/mol. The molecule has 0 atom stereocenters. The molecule has 1 heterocycles. The van der Waals surface area contributed by atoms with E-state index in [0.29, 0.717) is 0 Å². The minimum absolute atomic E-state index is 0.0259. The maximum absolute atomic E-state index is 12.2. The number of phenolic OH excluding ortho intramolecular Hbond substituents is 1. The summed E-state index contributed by atoms with van der Waals surface area (Å²) in [5.74, 6) is -2.55. The molecule has 0 unspecified atom stereocenters. The molecule has 2 rings (SSSR count). The summed E-state index contributed by atoms with van der Waals surface area (Å²) in [6.07, 6.45) is 0. The topological polar surface area (TPSA) is 154 Å². The van der Waals surface area contributed by atoms with Gasteiger partial charge in [-0.25, -0.2) is 9.59 Å². The highest BCUT2D eigenvalue weighted by molar-refractivity contribution is 6.32. The Morgan fingerprint density at radius 3 is 2.63 bits per heavy atom. The molecule has 2 aromatic rings. The molecule has 144 valence electrons. The molecule has 0 spiro atoms. The summed E-state index contributed by atoms with van der Waals surface area (Å²) in [4.78, 5) is 49.5. The quantitative estimate of drug-likeness (QED) is 0.469. The molecule has 0 saturated heterocycles. The minimum Gasteiger partial charge on any atom is -0.503 e. The van der Waals surface area contributed by atoms with Gasteiger partial charge in [0.25, 0.3) is 5.56 Å². The molecule has 0 aliphatic carbocycles. The number of ketones is 1. The SMILES string of the molecule is CCOc1cc(C(=O)OCC(=O)c2c(N)n(C)c(=O)[nH]c2=O)cc(Cl)c1O. The number of hydrogen-bond acceptors (Lipinski definition) is 8. The number of ether oxygens (including phenoxy) is 2. The van der Waals surface area contributed by atoms with Crippen LogP contribution >= 0.6 is 11.6 Å². The molecule has 0 aliphatic heterocycles. The van der Waals surface area contributed by atoms with Gasteiger partial charge in [-0.1, -0.05) is 11.6 Å². The number of nitrogens with zero attached hydrogens (tertiary/aromatic N) is 1.